The summed E-state index contributed by atoms with van der Waals surface area (Å²) in [5, 5.41) is 11.0. The summed E-state index contributed by atoms with van der Waals surface area (Å²) >= 11 is 0. The van der Waals surface area contributed by atoms with Crippen LogP contribution in [-0.2, 0) is 10.0 Å². The van der Waals surface area contributed by atoms with E-state index in [1.165, 1.54) is 10.3 Å². The summed E-state index contributed by atoms with van der Waals surface area (Å²) in [5.74, 6) is 0.900. The molecule has 1 fully saturated rings. The van der Waals surface area contributed by atoms with Crippen LogP contribution >= 0.6 is 0 Å². The van der Waals surface area contributed by atoms with E-state index in [1.807, 2.05) is 25.1 Å². The van der Waals surface area contributed by atoms with E-state index in [1.54, 1.807) is 36.5 Å². The number of benzene rings is 2. The summed E-state index contributed by atoms with van der Waals surface area (Å²) in [6.45, 7) is 3.48. The molecule has 2 aromatic heterocycles. The van der Waals surface area contributed by atoms with E-state index in [-0.39, 0.29) is 16.8 Å². The molecule has 180 valence electrons. The number of rotatable bonds is 5. The van der Waals surface area contributed by atoms with Gasteiger partial charge in [-0.2, -0.15) is 0 Å². The van der Waals surface area contributed by atoms with Crippen molar-refractivity contribution < 1.29 is 8.42 Å². The van der Waals surface area contributed by atoms with Crippen LogP contribution in [0.25, 0.3) is 11.0 Å². The molecule has 1 aliphatic heterocycles. The highest BCUT2D eigenvalue weighted by atomic mass is 32.2. The van der Waals surface area contributed by atoms with Crippen LogP contribution in [0, 0.1) is 12.3 Å². The SMILES string of the molecule is Cc1ccc(S(=O)(=O)n2ccc3c(N4CCCC(c5cccc(NC(=N)N)c5)C4)ncnc32)cc1. The van der Waals surface area contributed by atoms with Gasteiger partial charge in [0.1, 0.15) is 12.1 Å². The quantitative estimate of drug-likeness (QED) is 0.288. The molecule has 0 amide bonds. The Morgan fingerprint density at radius 1 is 1.14 bits per heavy atom. The van der Waals surface area contributed by atoms with Gasteiger partial charge in [0.2, 0.25) is 0 Å². The van der Waals surface area contributed by atoms with Gasteiger partial charge in [0.05, 0.1) is 10.3 Å². The maximum atomic E-state index is 13.3. The first kappa shape index (κ1) is 22.9. The smallest absolute Gasteiger partial charge is 0.269 e. The molecule has 2 aromatic carbocycles. The second-order valence-corrected chi connectivity index (χ2v) is 10.6. The van der Waals surface area contributed by atoms with Crippen molar-refractivity contribution in [2.75, 3.05) is 23.3 Å². The van der Waals surface area contributed by atoms with Crippen molar-refractivity contribution in [3.05, 3.63) is 78.2 Å². The van der Waals surface area contributed by atoms with Gasteiger partial charge in [-0.3, -0.25) is 5.41 Å². The van der Waals surface area contributed by atoms with Gasteiger partial charge in [-0.1, -0.05) is 29.8 Å². The summed E-state index contributed by atoms with van der Waals surface area (Å²) in [4.78, 5) is 11.3. The Bertz CT molecular complexity index is 1500. The minimum Gasteiger partial charge on any atom is -0.370 e. The molecule has 3 heterocycles. The molecule has 0 radical (unpaired) electrons. The molecular formula is C25H27N7O2S. The maximum Gasteiger partial charge on any atom is 0.269 e. The Morgan fingerprint density at radius 2 is 1.94 bits per heavy atom. The number of hydrogen-bond acceptors (Lipinski definition) is 6. The van der Waals surface area contributed by atoms with Gasteiger partial charge in [0.25, 0.3) is 10.0 Å². The van der Waals surface area contributed by atoms with Crippen LogP contribution in [0.3, 0.4) is 0 Å². The lowest BCUT2D eigenvalue weighted by molar-refractivity contribution is 0.508. The number of nitrogens with zero attached hydrogens (tertiary/aromatic N) is 4. The Morgan fingerprint density at radius 3 is 2.71 bits per heavy atom. The number of anilines is 2. The van der Waals surface area contributed by atoms with E-state index >= 15 is 0 Å². The lowest BCUT2D eigenvalue weighted by atomic mass is 9.90. The molecular weight excluding hydrogens is 462 g/mol. The van der Waals surface area contributed by atoms with Gasteiger partial charge in [0.15, 0.2) is 11.6 Å². The molecule has 4 N–H and O–H groups in total. The van der Waals surface area contributed by atoms with Crippen molar-refractivity contribution in [2.24, 2.45) is 5.73 Å². The van der Waals surface area contributed by atoms with Crippen molar-refractivity contribution in [3.63, 3.8) is 0 Å². The molecule has 0 saturated carbocycles. The van der Waals surface area contributed by atoms with Gasteiger partial charge >= 0.3 is 0 Å². The van der Waals surface area contributed by atoms with Crippen LogP contribution in [0.2, 0.25) is 0 Å². The van der Waals surface area contributed by atoms with Crippen molar-refractivity contribution >= 4 is 38.5 Å². The standard InChI is InChI=1S/C25H27N7O2S/c1-17-7-9-21(10-8-17)35(33,34)32-13-11-22-23(28-16-29-24(22)32)31-12-3-5-19(15-31)18-4-2-6-20(14-18)30-25(26)27/h2,4,6-11,13-14,16,19H,3,5,12,15H2,1H3,(H4,26,27,30). The van der Waals surface area contributed by atoms with Gasteiger partial charge in [-0.15, -0.1) is 0 Å². The van der Waals surface area contributed by atoms with Crippen LogP contribution in [0.5, 0.6) is 0 Å². The molecule has 1 atom stereocenters. The fourth-order valence-electron chi connectivity index (χ4n) is 4.65. The van der Waals surface area contributed by atoms with Crippen LogP contribution in [0.15, 0.2) is 72.0 Å². The summed E-state index contributed by atoms with van der Waals surface area (Å²) in [6.07, 6.45) is 4.98. The fraction of sp³-hybridized carbons (Fsp3) is 0.240. The summed E-state index contributed by atoms with van der Waals surface area (Å²) in [5.41, 5.74) is 8.79. The lowest BCUT2D eigenvalue weighted by Crippen LogP contribution is -2.35. The monoisotopic (exact) mass is 489 g/mol. The molecule has 35 heavy (non-hydrogen) atoms. The largest absolute Gasteiger partial charge is 0.370 e. The second kappa shape index (κ2) is 9.03. The molecule has 0 spiro atoms. The van der Waals surface area contributed by atoms with Crippen molar-refractivity contribution in [1.29, 1.82) is 5.41 Å². The second-order valence-electron chi connectivity index (χ2n) is 8.81. The molecule has 1 unspecified atom stereocenters. The normalized spacial score (nSPS) is 16.4. The minimum atomic E-state index is -3.78. The third kappa shape index (κ3) is 4.44. The number of piperidine rings is 1. The first-order valence-electron chi connectivity index (χ1n) is 11.4. The number of hydrogen-bond donors (Lipinski definition) is 3. The predicted molar refractivity (Wildman–Crippen MR) is 137 cm³/mol. The topological polar surface area (TPSA) is 130 Å². The Labute approximate surface area is 204 Å². The number of aromatic nitrogens is 3. The van der Waals surface area contributed by atoms with Crippen LogP contribution < -0.4 is 16.0 Å². The molecule has 10 heteroatoms. The predicted octanol–water partition coefficient (Wildman–Crippen LogP) is 3.67. The molecule has 1 aliphatic rings. The van der Waals surface area contributed by atoms with E-state index in [4.69, 9.17) is 11.1 Å². The summed E-state index contributed by atoms with van der Waals surface area (Å²) in [6, 6.07) is 16.5. The highest BCUT2D eigenvalue weighted by molar-refractivity contribution is 7.90. The van der Waals surface area contributed by atoms with E-state index in [2.05, 4.69) is 26.3 Å². The highest BCUT2D eigenvalue weighted by Gasteiger charge is 2.26. The summed E-state index contributed by atoms with van der Waals surface area (Å²) < 4.78 is 27.9. The van der Waals surface area contributed by atoms with Crippen LogP contribution in [0.4, 0.5) is 11.5 Å². The number of guanidine groups is 1. The van der Waals surface area contributed by atoms with Gasteiger partial charge in [-0.25, -0.2) is 22.4 Å². The molecule has 4 aromatic rings. The number of fused-ring (bicyclic) bond motifs is 1. The average molecular weight is 490 g/mol. The fourth-order valence-corrected chi connectivity index (χ4v) is 5.95. The maximum absolute atomic E-state index is 13.3. The Hall–Kier alpha value is -3.92. The molecule has 9 nitrogen and oxygen atoms in total. The number of aryl methyl sites for hydroxylation is 1. The van der Waals surface area contributed by atoms with E-state index < -0.39 is 10.0 Å². The summed E-state index contributed by atoms with van der Waals surface area (Å²) in [7, 11) is -3.78. The van der Waals surface area contributed by atoms with Gasteiger partial charge in [0, 0.05) is 30.9 Å². The van der Waals surface area contributed by atoms with Crippen molar-refractivity contribution in [3.8, 4) is 0 Å². The van der Waals surface area contributed by atoms with Crippen molar-refractivity contribution in [1.82, 2.24) is 13.9 Å². The molecule has 0 bridgehead atoms. The zero-order valence-corrected chi connectivity index (χ0v) is 20.2. The third-order valence-corrected chi connectivity index (χ3v) is 8.04. The lowest BCUT2D eigenvalue weighted by Gasteiger charge is -2.34. The molecule has 5 rings (SSSR count). The zero-order valence-electron chi connectivity index (χ0n) is 19.3. The number of nitrogens with one attached hydrogen (secondary N) is 2. The first-order valence-corrected chi connectivity index (χ1v) is 12.9. The number of nitrogens with two attached hydrogens (primary N) is 1. The minimum absolute atomic E-state index is 0.0964. The van der Waals surface area contributed by atoms with Gasteiger partial charge in [-0.05, 0) is 55.7 Å². The highest BCUT2D eigenvalue weighted by Crippen LogP contribution is 2.34. The first-order chi connectivity index (χ1) is 16.8. The van der Waals surface area contributed by atoms with E-state index in [0.29, 0.717) is 11.0 Å². The van der Waals surface area contributed by atoms with Crippen molar-refractivity contribution in [2.45, 2.75) is 30.6 Å². The van der Waals surface area contributed by atoms with Crippen LogP contribution in [0.1, 0.15) is 29.9 Å². The van der Waals surface area contributed by atoms with E-state index in [0.717, 1.165) is 48.6 Å². The average Bonchev–Trinajstić information content (AvgIpc) is 3.29. The Balaban J connectivity index is 1.46. The molecule has 1 saturated heterocycles. The van der Waals surface area contributed by atoms with E-state index in [9.17, 15) is 8.42 Å². The zero-order chi connectivity index (χ0) is 24.6. The van der Waals surface area contributed by atoms with Crippen LogP contribution in [-0.4, -0.2) is 41.4 Å². The molecule has 0 aliphatic carbocycles. The Kier molecular flexibility index (Phi) is 5.89. The van der Waals surface area contributed by atoms with Gasteiger partial charge < -0.3 is 16.0 Å². The third-order valence-electron chi connectivity index (χ3n) is 6.36.